The third-order valence-electron chi connectivity index (χ3n) is 3.54. The standard InChI is InChI=1S/C15H21NO/c1-5-6-12-13(8-16)17-15-11(4)9(2)7-10(3)14(12)15/h7H,5-6,8,16H2,1-4H3. The highest BCUT2D eigenvalue weighted by Crippen LogP contribution is 2.33. The Balaban J connectivity index is 2.82. The minimum absolute atomic E-state index is 0.488. The first-order chi connectivity index (χ1) is 8.10. The van der Waals surface area contributed by atoms with Gasteiger partial charge in [-0.3, -0.25) is 0 Å². The molecule has 2 heteroatoms. The molecular weight excluding hydrogens is 210 g/mol. The summed E-state index contributed by atoms with van der Waals surface area (Å²) >= 11 is 0. The Bertz CT molecular complexity index is 552. The monoisotopic (exact) mass is 231 g/mol. The number of benzene rings is 1. The molecule has 92 valence electrons. The molecule has 0 fully saturated rings. The van der Waals surface area contributed by atoms with Crippen LogP contribution < -0.4 is 5.73 Å². The Morgan fingerprint density at radius 2 is 1.88 bits per heavy atom. The highest BCUT2D eigenvalue weighted by Gasteiger charge is 2.16. The lowest BCUT2D eigenvalue weighted by molar-refractivity contribution is 0.542. The van der Waals surface area contributed by atoms with Crippen molar-refractivity contribution in [1.29, 1.82) is 0 Å². The molecule has 0 radical (unpaired) electrons. The fraction of sp³-hybridized carbons (Fsp3) is 0.467. The van der Waals surface area contributed by atoms with Crippen LogP contribution in [0.25, 0.3) is 11.0 Å². The first-order valence-electron chi connectivity index (χ1n) is 6.31. The Hall–Kier alpha value is -1.28. The summed E-state index contributed by atoms with van der Waals surface area (Å²) in [7, 11) is 0. The molecule has 1 aromatic carbocycles. The van der Waals surface area contributed by atoms with E-state index < -0.39 is 0 Å². The zero-order valence-electron chi connectivity index (χ0n) is 11.2. The summed E-state index contributed by atoms with van der Waals surface area (Å²) in [6, 6.07) is 2.24. The van der Waals surface area contributed by atoms with Crippen molar-refractivity contribution in [3.63, 3.8) is 0 Å². The number of hydrogen-bond donors (Lipinski definition) is 1. The first kappa shape index (κ1) is 12.2. The third kappa shape index (κ3) is 1.87. The first-order valence-corrected chi connectivity index (χ1v) is 6.31. The molecule has 0 saturated heterocycles. The summed E-state index contributed by atoms with van der Waals surface area (Å²) in [5.41, 5.74) is 12.0. The van der Waals surface area contributed by atoms with Crippen LogP contribution in [0.5, 0.6) is 0 Å². The topological polar surface area (TPSA) is 39.2 Å². The molecule has 2 nitrogen and oxygen atoms in total. The van der Waals surface area contributed by atoms with E-state index >= 15 is 0 Å². The second kappa shape index (κ2) is 4.53. The summed E-state index contributed by atoms with van der Waals surface area (Å²) < 4.78 is 5.97. The van der Waals surface area contributed by atoms with Gasteiger partial charge in [-0.25, -0.2) is 0 Å². The Morgan fingerprint density at radius 3 is 2.47 bits per heavy atom. The molecule has 0 atom stereocenters. The van der Waals surface area contributed by atoms with E-state index in [0.29, 0.717) is 6.54 Å². The summed E-state index contributed by atoms with van der Waals surface area (Å²) in [5.74, 6) is 0.957. The van der Waals surface area contributed by atoms with E-state index in [-0.39, 0.29) is 0 Å². The van der Waals surface area contributed by atoms with Gasteiger partial charge in [-0.1, -0.05) is 19.4 Å². The van der Waals surface area contributed by atoms with Crippen LogP contribution >= 0.6 is 0 Å². The number of rotatable bonds is 3. The summed E-state index contributed by atoms with van der Waals surface area (Å²) in [4.78, 5) is 0. The molecule has 0 amide bonds. The van der Waals surface area contributed by atoms with Crippen LogP contribution in [0.3, 0.4) is 0 Å². The molecule has 0 bridgehead atoms. The number of nitrogens with two attached hydrogens (primary N) is 1. The van der Waals surface area contributed by atoms with Crippen LogP contribution in [0.1, 0.15) is 41.4 Å². The van der Waals surface area contributed by atoms with E-state index in [2.05, 4.69) is 33.8 Å². The van der Waals surface area contributed by atoms with Gasteiger partial charge in [0.15, 0.2) is 0 Å². The van der Waals surface area contributed by atoms with Gasteiger partial charge < -0.3 is 10.2 Å². The lowest BCUT2D eigenvalue weighted by Crippen LogP contribution is -1.98. The minimum atomic E-state index is 0.488. The summed E-state index contributed by atoms with van der Waals surface area (Å²) in [6.45, 7) is 9.09. The molecule has 1 heterocycles. The lowest BCUT2D eigenvalue weighted by Gasteiger charge is -2.05. The van der Waals surface area contributed by atoms with Gasteiger partial charge >= 0.3 is 0 Å². The van der Waals surface area contributed by atoms with E-state index in [1.807, 2.05) is 0 Å². The van der Waals surface area contributed by atoms with Crippen molar-refractivity contribution in [3.8, 4) is 0 Å². The molecule has 0 aliphatic carbocycles. The Labute approximate surface area is 103 Å². The molecule has 0 aliphatic rings. The SMILES string of the molecule is CCCc1c(CN)oc2c(C)c(C)cc(C)c12. The lowest BCUT2D eigenvalue weighted by atomic mass is 9.97. The molecule has 2 rings (SSSR count). The number of furan rings is 1. The maximum Gasteiger partial charge on any atom is 0.138 e. The van der Waals surface area contributed by atoms with Crippen molar-refractivity contribution in [2.45, 2.75) is 47.1 Å². The average Bonchev–Trinajstić information content (AvgIpc) is 2.66. The van der Waals surface area contributed by atoms with Gasteiger partial charge in [0.25, 0.3) is 0 Å². The van der Waals surface area contributed by atoms with Crippen molar-refractivity contribution in [2.75, 3.05) is 0 Å². The van der Waals surface area contributed by atoms with Gasteiger partial charge in [0.1, 0.15) is 11.3 Å². The van der Waals surface area contributed by atoms with Crippen molar-refractivity contribution in [2.24, 2.45) is 5.73 Å². The second-order valence-electron chi connectivity index (χ2n) is 4.80. The van der Waals surface area contributed by atoms with E-state index in [1.54, 1.807) is 0 Å². The highest BCUT2D eigenvalue weighted by atomic mass is 16.3. The van der Waals surface area contributed by atoms with E-state index in [9.17, 15) is 0 Å². The van der Waals surface area contributed by atoms with Crippen molar-refractivity contribution in [1.82, 2.24) is 0 Å². The van der Waals surface area contributed by atoms with Crippen LogP contribution in [-0.4, -0.2) is 0 Å². The van der Waals surface area contributed by atoms with Gasteiger partial charge in [-0.15, -0.1) is 0 Å². The normalized spacial score (nSPS) is 11.4. The fourth-order valence-corrected chi connectivity index (χ4v) is 2.56. The van der Waals surface area contributed by atoms with E-state index in [4.69, 9.17) is 10.2 Å². The molecule has 2 N–H and O–H groups in total. The van der Waals surface area contributed by atoms with Crippen LogP contribution in [0.4, 0.5) is 0 Å². The predicted octanol–water partition coefficient (Wildman–Crippen LogP) is 3.77. The smallest absolute Gasteiger partial charge is 0.138 e. The van der Waals surface area contributed by atoms with Crippen LogP contribution in [-0.2, 0) is 13.0 Å². The average molecular weight is 231 g/mol. The maximum atomic E-state index is 5.97. The van der Waals surface area contributed by atoms with Gasteiger partial charge in [0.2, 0.25) is 0 Å². The third-order valence-corrected chi connectivity index (χ3v) is 3.54. The minimum Gasteiger partial charge on any atom is -0.459 e. The quantitative estimate of drug-likeness (QED) is 0.873. The van der Waals surface area contributed by atoms with E-state index in [1.165, 1.54) is 27.6 Å². The molecular formula is C15H21NO. The van der Waals surface area contributed by atoms with E-state index in [0.717, 1.165) is 24.2 Å². The van der Waals surface area contributed by atoms with Crippen LogP contribution in [0.15, 0.2) is 10.5 Å². The molecule has 17 heavy (non-hydrogen) atoms. The van der Waals surface area contributed by atoms with Crippen molar-refractivity contribution in [3.05, 3.63) is 34.1 Å². The number of fused-ring (bicyclic) bond motifs is 1. The van der Waals surface area contributed by atoms with Gasteiger partial charge in [0, 0.05) is 10.9 Å². The Morgan fingerprint density at radius 1 is 1.18 bits per heavy atom. The fourth-order valence-electron chi connectivity index (χ4n) is 2.56. The molecule has 1 aromatic heterocycles. The van der Waals surface area contributed by atoms with Crippen molar-refractivity contribution < 1.29 is 4.42 Å². The molecule has 0 aliphatic heterocycles. The van der Waals surface area contributed by atoms with Gasteiger partial charge in [-0.2, -0.15) is 0 Å². The van der Waals surface area contributed by atoms with Crippen LogP contribution in [0, 0.1) is 20.8 Å². The zero-order valence-corrected chi connectivity index (χ0v) is 11.2. The predicted molar refractivity (Wildman–Crippen MR) is 72.3 cm³/mol. The molecule has 0 saturated carbocycles. The maximum absolute atomic E-state index is 5.97. The largest absolute Gasteiger partial charge is 0.459 e. The number of aryl methyl sites for hydroxylation is 4. The van der Waals surface area contributed by atoms with Gasteiger partial charge in [-0.05, 0) is 43.9 Å². The zero-order chi connectivity index (χ0) is 12.6. The molecule has 0 unspecified atom stereocenters. The molecule has 0 spiro atoms. The molecule has 2 aromatic rings. The summed E-state index contributed by atoms with van der Waals surface area (Å²) in [5, 5.41) is 1.29. The summed E-state index contributed by atoms with van der Waals surface area (Å²) in [6.07, 6.45) is 2.16. The van der Waals surface area contributed by atoms with Crippen LogP contribution in [0.2, 0.25) is 0 Å². The second-order valence-corrected chi connectivity index (χ2v) is 4.80. The Kier molecular flexibility index (Phi) is 3.25. The number of hydrogen-bond acceptors (Lipinski definition) is 2. The van der Waals surface area contributed by atoms with Crippen molar-refractivity contribution >= 4 is 11.0 Å². The highest BCUT2D eigenvalue weighted by molar-refractivity contribution is 5.89. The van der Waals surface area contributed by atoms with Gasteiger partial charge in [0.05, 0.1) is 6.54 Å².